The van der Waals surface area contributed by atoms with Crippen molar-refractivity contribution in [1.29, 1.82) is 5.26 Å². The number of alkyl carbamates (subject to hydrolysis) is 1. The van der Waals surface area contributed by atoms with Gasteiger partial charge in [0.25, 0.3) is 0 Å². The van der Waals surface area contributed by atoms with Gasteiger partial charge in [0.05, 0.1) is 65.2 Å². The van der Waals surface area contributed by atoms with Gasteiger partial charge < -0.3 is 26.0 Å². The number of carbonyl (C=O) groups is 1. The van der Waals surface area contributed by atoms with Crippen molar-refractivity contribution < 1.29 is 18.3 Å². The summed E-state index contributed by atoms with van der Waals surface area (Å²) in [6.45, 7) is 6.25. The molecule has 4 N–H and O–H groups in total. The highest BCUT2D eigenvalue weighted by Gasteiger charge is 2.34. The standard InChI is InChI=1S/C29H31F2N9O2/c1-16-13-39(14-21(33)26(16)37-28(41)42-4)24-7-8-34-12-23(24)36-27-35-11-18-5-6-22(38-40(18)27)25-19(30)9-17(10-20(25)31)29(2,3)15-32/h5-12,16,21,26H,13-14,33H2,1-4H3,(H,35,36)(H,37,41)/t16-,21+,26-/m0/s1. The zero-order valence-electron chi connectivity index (χ0n) is 23.6. The van der Waals surface area contributed by atoms with E-state index < -0.39 is 23.1 Å². The molecule has 0 saturated carbocycles. The van der Waals surface area contributed by atoms with Crippen LogP contribution in [-0.4, -0.2) is 58.0 Å². The third-order valence-electron chi connectivity index (χ3n) is 7.55. The van der Waals surface area contributed by atoms with E-state index in [0.29, 0.717) is 30.2 Å². The van der Waals surface area contributed by atoms with Crippen LogP contribution in [0.25, 0.3) is 16.8 Å². The molecule has 0 aliphatic carbocycles. The Labute approximate surface area is 241 Å². The molecule has 3 aromatic heterocycles. The second-order valence-corrected chi connectivity index (χ2v) is 10.9. The van der Waals surface area contributed by atoms with Crippen molar-refractivity contribution in [2.75, 3.05) is 30.4 Å². The van der Waals surface area contributed by atoms with E-state index in [0.717, 1.165) is 17.8 Å². The molecular formula is C29H31F2N9O2. The lowest BCUT2D eigenvalue weighted by Gasteiger charge is -2.42. The fourth-order valence-electron chi connectivity index (χ4n) is 5.19. The molecule has 0 radical (unpaired) electrons. The lowest BCUT2D eigenvalue weighted by Crippen LogP contribution is -2.62. The van der Waals surface area contributed by atoms with Crippen LogP contribution in [-0.2, 0) is 10.2 Å². The predicted molar refractivity (Wildman–Crippen MR) is 153 cm³/mol. The molecule has 13 heteroatoms. The molecule has 42 heavy (non-hydrogen) atoms. The number of hydrogen-bond acceptors (Lipinski definition) is 9. The van der Waals surface area contributed by atoms with Gasteiger partial charge in [-0.15, -0.1) is 0 Å². The van der Waals surface area contributed by atoms with E-state index in [-0.39, 0.29) is 34.8 Å². The first-order valence-corrected chi connectivity index (χ1v) is 13.3. The number of hydrogen-bond donors (Lipinski definition) is 3. The number of rotatable bonds is 6. The number of anilines is 3. The first kappa shape index (κ1) is 28.7. The van der Waals surface area contributed by atoms with Gasteiger partial charge in [0.1, 0.15) is 11.6 Å². The largest absolute Gasteiger partial charge is 0.453 e. The number of methoxy groups -OCH3 is 1. The lowest BCUT2D eigenvalue weighted by molar-refractivity contribution is 0.156. The Kier molecular flexibility index (Phi) is 7.66. The summed E-state index contributed by atoms with van der Waals surface area (Å²) >= 11 is 0. The van der Waals surface area contributed by atoms with Crippen molar-refractivity contribution in [2.45, 2.75) is 38.3 Å². The molecule has 4 heterocycles. The summed E-state index contributed by atoms with van der Waals surface area (Å²) in [6.07, 6.45) is 4.37. The van der Waals surface area contributed by atoms with Crippen molar-refractivity contribution in [2.24, 2.45) is 11.7 Å². The highest BCUT2D eigenvalue weighted by molar-refractivity contribution is 5.74. The first-order chi connectivity index (χ1) is 20.0. The predicted octanol–water partition coefficient (Wildman–Crippen LogP) is 4.12. The molecule has 0 unspecified atom stereocenters. The van der Waals surface area contributed by atoms with Crippen LogP contribution in [0.2, 0.25) is 0 Å². The summed E-state index contributed by atoms with van der Waals surface area (Å²) < 4.78 is 36.6. The molecule has 1 fully saturated rings. The normalized spacial score (nSPS) is 18.9. The fourth-order valence-corrected chi connectivity index (χ4v) is 5.19. The number of nitrogens with zero attached hydrogens (tertiary/aromatic N) is 6. The summed E-state index contributed by atoms with van der Waals surface area (Å²) in [5.74, 6) is -1.32. The zero-order valence-corrected chi connectivity index (χ0v) is 23.6. The third kappa shape index (κ3) is 5.40. The average Bonchev–Trinajstić information content (AvgIpc) is 3.36. The summed E-state index contributed by atoms with van der Waals surface area (Å²) in [6, 6.07) is 8.80. The Morgan fingerprint density at radius 3 is 2.60 bits per heavy atom. The van der Waals surface area contributed by atoms with Gasteiger partial charge in [-0.2, -0.15) is 14.9 Å². The number of nitriles is 1. The molecule has 1 aliphatic rings. The van der Waals surface area contributed by atoms with Crippen LogP contribution in [0.3, 0.4) is 0 Å². The van der Waals surface area contributed by atoms with E-state index in [2.05, 4.69) is 36.7 Å². The molecule has 5 rings (SSSR count). The number of halogens is 2. The number of carbonyl (C=O) groups excluding carboxylic acids is 1. The van der Waals surface area contributed by atoms with E-state index in [4.69, 9.17) is 10.5 Å². The Hall–Kier alpha value is -4.83. The Balaban J connectivity index is 1.45. The van der Waals surface area contributed by atoms with Gasteiger partial charge in [-0.05, 0) is 55.7 Å². The highest BCUT2D eigenvalue weighted by Crippen LogP contribution is 2.33. The van der Waals surface area contributed by atoms with Crippen LogP contribution in [0.1, 0.15) is 26.3 Å². The highest BCUT2D eigenvalue weighted by atomic mass is 19.1. The second-order valence-electron chi connectivity index (χ2n) is 10.9. The van der Waals surface area contributed by atoms with Crippen molar-refractivity contribution in [3.05, 3.63) is 66.1 Å². The van der Waals surface area contributed by atoms with E-state index in [1.54, 1.807) is 38.5 Å². The maximum atomic E-state index is 15.2. The SMILES string of the molecule is COC(=O)N[C@@H]1[C@H](N)CN(c2ccncc2Nc2ncc3ccc(-c4c(F)cc(C(C)(C)C#N)cc4F)nn23)C[C@@H]1C. The van der Waals surface area contributed by atoms with Crippen LogP contribution in [0.4, 0.5) is 30.9 Å². The number of aromatic nitrogens is 4. The molecule has 1 aliphatic heterocycles. The van der Waals surface area contributed by atoms with E-state index >= 15 is 8.78 Å². The molecule has 218 valence electrons. The molecular weight excluding hydrogens is 544 g/mol. The molecule has 1 amide bonds. The maximum absolute atomic E-state index is 15.2. The van der Waals surface area contributed by atoms with Gasteiger partial charge in [-0.3, -0.25) is 4.98 Å². The van der Waals surface area contributed by atoms with Crippen molar-refractivity contribution in [3.63, 3.8) is 0 Å². The number of amides is 1. The minimum Gasteiger partial charge on any atom is -0.453 e. The van der Waals surface area contributed by atoms with Crippen molar-refractivity contribution in [1.82, 2.24) is 24.9 Å². The molecule has 1 saturated heterocycles. The Morgan fingerprint density at radius 2 is 1.93 bits per heavy atom. The van der Waals surface area contributed by atoms with Crippen LogP contribution in [0.15, 0.2) is 48.9 Å². The number of nitrogens with one attached hydrogen (secondary N) is 2. The summed E-state index contributed by atoms with van der Waals surface area (Å²) in [5.41, 5.74) is 7.41. The number of nitrogens with two attached hydrogens (primary N) is 1. The minimum absolute atomic E-state index is 0.0141. The molecule has 4 aromatic rings. The van der Waals surface area contributed by atoms with Gasteiger partial charge in [0, 0.05) is 25.3 Å². The van der Waals surface area contributed by atoms with Crippen LogP contribution >= 0.6 is 0 Å². The van der Waals surface area contributed by atoms with E-state index in [1.165, 1.54) is 17.7 Å². The summed E-state index contributed by atoms with van der Waals surface area (Å²) in [4.78, 5) is 22.6. The van der Waals surface area contributed by atoms with E-state index in [9.17, 15) is 10.1 Å². The number of imidazole rings is 1. The van der Waals surface area contributed by atoms with Gasteiger partial charge in [-0.1, -0.05) is 6.92 Å². The number of ether oxygens (including phenoxy) is 1. The zero-order chi connectivity index (χ0) is 30.2. The lowest BCUT2D eigenvalue weighted by atomic mass is 9.85. The first-order valence-electron chi connectivity index (χ1n) is 13.3. The Morgan fingerprint density at radius 1 is 1.19 bits per heavy atom. The number of benzene rings is 1. The molecule has 3 atom stereocenters. The minimum atomic E-state index is -1.06. The number of piperidine rings is 1. The molecule has 0 spiro atoms. The molecule has 11 nitrogen and oxygen atoms in total. The van der Waals surface area contributed by atoms with Gasteiger partial charge in [0.2, 0.25) is 5.95 Å². The van der Waals surface area contributed by atoms with Gasteiger partial charge in [0.15, 0.2) is 0 Å². The average molecular weight is 576 g/mol. The Bertz CT molecular complexity index is 1650. The van der Waals surface area contributed by atoms with Crippen LogP contribution in [0.5, 0.6) is 0 Å². The van der Waals surface area contributed by atoms with Crippen LogP contribution in [0, 0.1) is 28.9 Å². The third-order valence-corrected chi connectivity index (χ3v) is 7.55. The molecule has 0 bridgehead atoms. The number of pyridine rings is 1. The monoisotopic (exact) mass is 575 g/mol. The second kappa shape index (κ2) is 11.2. The molecule has 1 aromatic carbocycles. The smallest absolute Gasteiger partial charge is 0.407 e. The quantitative estimate of drug-likeness (QED) is 0.309. The number of fused-ring (bicyclic) bond motifs is 1. The van der Waals surface area contributed by atoms with Gasteiger partial charge >= 0.3 is 6.09 Å². The topological polar surface area (TPSA) is 146 Å². The van der Waals surface area contributed by atoms with Crippen molar-refractivity contribution >= 4 is 28.9 Å². The fraction of sp³-hybridized carbons (Fsp3) is 0.345. The maximum Gasteiger partial charge on any atom is 0.407 e. The van der Waals surface area contributed by atoms with Gasteiger partial charge in [-0.25, -0.2) is 18.6 Å². The summed E-state index contributed by atoms with van der Waals surface area (Å²) in [5, 5.41) is 19.9. The van der Waals surface area contributed by atoms with Crippen molar-refractivity contribution in [3.8, 4) is 17.3 Å². The van der Waals surface area contributed by atoms with E-state index in [1.807, 2.05) is 13.0 Å². The van der Waals surface area contributed by atoms with Crippen LogP contribution < -0.4 is 21.3 Å². The summed E-state index contributed by atoms with van der Waals surface area (Å²) in [7, 11) is 1.31.